The van der Waals surface area contributed by atoms with Gasteiger partial charge in [0, 0.05) is 12.6 Å². The fourth-order valence-electron chi connectivity index (χ4n) is 2.78. The van der Waals surface area contributed by atoms with Gasteiger partial charge in [0.25, 0.3) is 0 Å². The molecule has 2 aromatic carbocycles. The van der Waals surface area contributed by atoms with E-state index in [-0.39, 0.29) is 32.2 Å². The first-order valence-corrected chi connectivity index (χ1v) is 10.4. The minimum absolute atomic E-state index is 0.118. The zero-order valence-corrected chi connectivity index (χ0v) is 16.1. The molecule has 3 rings (SSSR count). The van der Waals surface area contributed by atoms with Crippen molar-refractivity contribution in [2.45, 2.75) is 13.3 Å². The summed E-state index contributed by atoms with van der Waals surface area (Å²) >= 11 is 0. The van der Waals surface area contributed by atoms with Crippen molar-refractivity contribution in [3.63, 3.8) is 0 Å². The van der Waals surface area contributed by atoms with E-state index in [1.807, 2.05) is 31.2 Å². The summed E-state index contributed by atoms with van der Waals surface area (Å²) in [4.78, 5) is 12.1. The van der Waals surface area contributed by atoms with Gasteiger partial charge in [0.1, 0.15) is 0 Å². The van der Waals surface area contributed by atoms with Crippen molar-refractivity contribution in [2.75, 3.05) is 30.4 Å². The van der Waals surface area contributed by atoms with Crippen LogP contribution in [0.25, 0.3) is 0 Å². The lowest BCUT2D eigenvalue weighted by atomic mass is 10.1. The summed E-state index contributed by atoms with van der Waals surface area (Å²) in [6.07, 6.45) is 1.38. The molecule has 2 aromatic rings. The van der Waals surface area contributed by atoms with Crippen LogP contribution in [0.5, 0.6) is 11.5 Å². The van der Waals surface area contributed by atoms with Gasteiger partial charge in [0.2, 0.25) is 22.7 Å². The first-order chi connectivity index (χ1) is 12.8. The molecule has 1 N–H and O–H groups in total. The van der Waals surface area contributed by atoms with Crippen LogP contribution in [0.4, 0.5) is 5.69 Å². The second-order valence-corrected chi connectivity index (χ2v) is 8.29. The number of carbonyl (C=O) groups excluding carboxylic acids is 1. The number of rotatable bonds is 7. The molecule has 8 heteroatoms. The van der Waals surface area contributed by atoms with Gasteiger partial charge in [-0.2, -0.15) is 0 Å². The largest absolute Gasteiger partial charge is 0.454 e. The van der Waals surface area contributed by atoms with E-state index in [1.54, 1.807) is 18.2 Å². The topological polar surface area (TPSA) is 84.9 Å². The summed E-state index contributed by atoms with van der Waals surface area (Å²) in [5, 5.41) is 2.77. The predicted octanol–water partition coefficient (Wildman–Crippen LogP) is 1.85. The summed E-state index contributed by atoms with van der Waals surface area (Å²) < 4.78 is 36.1. The van der Waals surface area contributed by atoms with Crippen LogP contribution in [-0.4, -0.2) is 40.5 Å². The van der Waals surface area contributed by atoms with Crippen LogP contribution in [0.1, 0.15) is 11.1 Å². The molecule has 27 heavy (non-hydrogen) atoms. The Balaban J connectivity index is 1.60. The lowest BCUT2D eigenvalue weighted by Crippen LogP contribution is -2.38. The molecule has 7 nitrogen and oxygen atoms in total. The second kappa shape index (κ2) is 7.87. The number of benzene rings is 2. The Hall–Kier alpha value is -2.74. The maximum Gasteiger partial charge on any atom is 0.232 e. The zero-order valence-electron chi connectivity index (χ0n) is 15.3. The predicted molar refractivity (Wildman–Crippen MR) is 103 cm³/mol. The Morgan fingerprint density at radius 1 is 1.11 bits per heavy atom. The second-order valence-electron chi connectivity index (χ2n) is 6.39. The third kappa shape index (κ3) is 4.91. The molecule has 1 aliphatic heterocycles. The number of amides is 1. The lowest BCUT2D eigenvalue weighted by Gasteiger charge is -2.22. The third-order valence-electron chi connectivity index (χ3n) is 4.17. The minimum Gasteiger partial charge on any atom is -0.454 e. The molecule has 1 heterocycles. The van der Waals surface area contributed by atoms with Crippen LogP contribution in [-0.2, 0) is 21.2 Å². The highest BCUT2D eigenvalue weighted by Crippen LogP contribution is 2.35. The molecule has 1 amide bonds. The van der Waals surface area contributed by atoms with Gasteiger partial charge in [-0.05, 0) is 24.6 Å². The molecule has 0 radical (unpaired) electrons. The Bertz CT molecular complexity index is 926. The standard InChI is InChI=1S/C19H22N2O5S/c1-14-3-5-15(6-4-14)11-19(22)20-9-10-21(27(2,23)24)16-7-8-17-18(12-16)26-13-25-17/h3-8,12H,9-11,13H2,1-2H3,(H,20,22). The number of nitrogens with one attached hydrogen (secondary N) is 1. The van der Waals surface area contributed by atoms with E-state index in [9.17, 15) is 13.2 Å². The van der Waals surface area contributed by atoms with Gasteiger partial charge in [-0.15, -0.1) is 0 Å². The number of sulfonamides is 1. The van der Waals surface area contributed by atoms with Gasteiger partial charge >= 0.3 is 0 Å². The maximum atomic E-state index is 12.2. The molecule has 0 atom stereocenters. The van der Waals surface area contributed by atoms with E-state index in [0.29, 0.717) is 17.2 Å². The first-order valence-electron chi connectivity index (χ1n) is 8.52. The lowest BCUT2D eigenvalue weighted by molar-refractivity contribution is -0.120. The van der Waals surface area contributed by atoms with Gasteiger partial charge in [-0.3, -0.25) is 9.10 Å². The zero-order chi connectivity index (χ0) is 19.4. The van der Waals surface area contributed by atoms with Crippen LogP contribution >= 0.6 is 0 Å². The number of fused-ring (bicyclic) bond motifs is 1. The van der Waals surface area contributed by atoms with E-state index in [2.05, 4.69) is 5.32 Å². The molecule has 0 unspecified atom stereocenters. The Labute approximate surface area is 158 Å². The Morgan fingerprint density at radius 2 is 1.81 bits per heavy atom. The third-order valence-corrected chi connectivity index (χ3v) is 5.36. The molecule has 144 valence electrons. The average Bonchev–Trinajstić information content (AvgIpc) is 3.07. The molecule has 0 saturated heterocycles. The van der Waals surface area contributed by atoms with Gasteiger partial charge < -0.3 is 14.8 Å². The monoisotopic (exact) mass is 390 g/mol. The smallest absolute Gasteiger partial charge is 0.232 e. The van der Waals surface area contributed by atoms with Gasteiger partial charge in [-0.1, -0.05) is 29.8 Å². The van der Waals surface area contributed by atoms with Crippen molar-refractivity contribution in [1.82, 2.24) is 5.32 Å². The quantitative estimate of drug-likeness (QED) is 0.780. The summed E-state index contributed by atoms with van der Waals surface area (Å²) in [5.41, 5.74) is 2.51. The van der Waals surface area contributed by atoms with E-state index < -0.39 is 10.0 Å². The molecule has 0 aromatic heterocycles. The summed E-state index contributed by atoms with van der Waals surface area (Å²) in [6, 6.07) is 12.7. The van der Waals surface area contributed by atoms with Crippen molar-refractivity contribution in [3.8, 4) is 11.5 Å². The SMILES string of the molecule is Cc1ccc(CC(=O)NCCN(c2ccc3c(c2)OCO3)S(C)(=O)=O)cc1. The highest BCUT2D eigenvalue weighted by Gasteiger charge is 2.21. The number of carbonyl (C=O) groups is 1. The van der Waals surface area contributed by atoms with Crippen LogP contribution in [0, 0.1) is 6.92 Å². The van der Waals surface area contributed by atoms with E-state index >= 15 is 0 Å². The molecule has 0 saturated carbocycles. The van der Waals surface area contributed by atoms with Gasteiger partial charge in [0.15, 0.2) is 11.5 Å². The summed E-state index contributed by atoms with van der Waals surface area (Å²) in [6.45, 7) is 2.43. The number of aryl methyl sites for hydroxylation is 1. The first kappa shape index (κ1) is 19.0. The molecule has 0 spiro atoms. The van der Waals surface area contributed by atoms with Crippen molar-refractivity contribution < 1.29 is 22.7 Å². The highest BCUT2D eigenvalue weighted by atomic mass is 32.2. The summed E-state index contributed by atoms with van der Waals surface area (Å²) in [7, 11) is -3.51. The number of anilines is 1. The molecular weight excluding hydrogens is 368 g/mol. The number of hydrogen-bond acceptors (Lipinski definition) is 5. The maximum absolute atomic E-state index is 12.2. The number of hydrogen-bond donors (Lipinski definition) is 1. The Morgan fingerprint density at radius 3 is 2.52 bits per heavy atom. The average molecular weight is 390 g/mol. The van der Waals surface area contributed by atoms with Gasteiger partial charge in [-0.25, -0.2) is 8.42 Å². The number of nitrogens with zero attached hydrogens (tertiary/aromatic N) is 1. The van der Waals surface area contributed by atoms with Crippen LogP contribution in [0.3, 0.4) is 0 Å². The molecular formula is C19H22N2O5S. The molecule has 0 fully saturated rings. The van der Waals surface area contributed by atoms with Crippen molar-refractivity contribution in [1.29, 1.82) is 0 Å². The summed E-state index contributed by atoms with van der Waals surface area (Å²) in [5.74, 6) is 0.932. The molecule has 0 aliphatic carbocycles. The van der Waals surface area contributed by atoms with E-state index in [4.69, 9.17) is 9.47 Å². The van der Waals surface area contributed by atoms with Crippen LogP contribution < -0.4 is 19.1 Å². The van der Waals surface area contributed by atoms with Crippen LogP contribution in [0.2, 0.25) is 0 Å². The van der Waals surface area contributed by atoms with Crippen molar-refractivity contribution in [2.24, 2.45) is 0 Å². The van der Waals surface area contributed by atoms with Gasteiger partial charge in [0.05, 0.1) is 24.9 Å². The fraction of sp³-hybridized carbons (Fsp3) is 0.316. The Kier molecular flexibility index (Phi) is 5.55. The minimum atomic E-state index is -3.51. The molecule has 0 bridgehead atoms. The van der Waals surface area contributed by atoms with E-state index in [1.165, 1.54) is 4.31 Å². The van der Waals surface area contributed by atoms with E-state index in [0.717, 1.165) is 17.4 Å². The number of ether oxygens (including phenoxy) is 2. The normalized spacial score (nSPS) is 12.7. The fourth-order valence-corrected chi connectivity index (χ4v) is 3.70. The van der Waals surface area contributed by atoms with Crippen molar-refractivity contribution in [3.05, 3.63) is 53.6 Å². The highest BCUT2D eigenvalue weighted by molar-refractivity contribution is 7.92. The van der Waals surface area contributed by atoms with Crippen LogP contribution in [0.15, 0.2) is 42.5 Å². The van der Waals surface area contributed by atoms with Crippen molar-refractivity contribution >= 4 is 21.6 Å². The molecule has 1 aliphatic rings.